The van der Waals surface area contributed by atoms with Crippen molar-refractivity contribution in [2.45, 2.75) is 32.7 Å². The number of fused-ring (bicyclic) bond motifs is 2. The van der Waals surface area contributed by atoms with E-state index < -0.39 is 0 Å². The average Bonchev–Trinajstić information content (AvgIpc) is 2.72. The molecule has 0 bridgehead atoms. The van der Waals surface area contributed by atoms with Crippen molar-refractivity contribution in [3.8, 4) is 0 Å². The Morgan fingerprint density at radius 2 is 2.11 bits per heavy atom. The van der Waals surface area contributed by atoms with Gasteiger partial charge in [0.05, 0.1) is 12.2 Å². The summed E-state index contributed by atoms with van der Waals surface area (Å²) in [6.07, 6.45) is 4.55. The van der Waals surface area contributed by atoms with E-state index in [-0.39, 0.29) is 11.9 Å². The highest BCUT2D eigenvalue weighted by Crippen LogP contribution is 2.26. The molecule has 0 aliphatic carbocycles. The lowest BCUT2D eigenvalue weighted by atomic mass is 10.0. The number of pyridine rings is 1. The maximum atomic E-state index is 13.2. The fraction of sp³-hybridized carbons (Fsp3) is 0.333. The predicted molar refractivity (Wildman–Crippen MR) is 110 cm³/mol. The zero-order chi connectivity index (χ0) is 19.5. The molecule has 0 unspecified atom stereocenters. The van der Waals surface area contributed by atoms with Crippen molar-refractivity contribution in [3.05, 3.63) is 53.5 Å². The van der Waals surface area contributed by atoms with Crippen molar-refractivity contribution in [1.29, 1.82) is 0 Å². The summed E-state index contributed by atoms with van der Waals surface area (Å²) in [4.78, 5) is 28.1. The van der Waals surface area contributed by atoms with Gasteiger partial charge in [0.2, 0.25) is 5.95 Å². The van der Waals surface area contributed by atoms with E-state index in [1.807, 2.05) is 30.3 Å². The number of nitrogen functional groups attached to an aromatic ring is 1. The Morgan fingerprint density at radius 1 is 1.25 bits per heavy atom. The van der Waals surface area contributed by atoms with Gasteiger partial charge in [0.25, 0.3) is 5.91 Å². The van der Waals surface area contributed by atoms with Crippen LogP contribution < -0.4 is 11.1 Å². The van der Waals surface area contributed by atoms with E-state index in [2.05, 4.69) is 27.2 Å². The number of rotatable bonds is 5. The number of hydrogen-bond donors (Lipinski definition) is 2. The highest BCUT2D eigenvalue weighted by Gasteiger charge is 2.27. The van der Waals surface area contributed by atoms with Gasteiger partial charge in [0.15, 0.2) is 0 Å². The zero-order valence-corrected chi connectivity index (χ0v) is 16.0. The minimum atomic E-state index is -0.0832. The highest BCUT2D eigenvalue weighted by atomic mass is 16.2. The van der Waals surface area contributed by atoms with E-state index in [9.17, 15) is 4.79 Å². The molecule has 0 saturated carbocycles. The Kier molecular flexibility index (Phi) is 5.06. The van der Waals surface area contributed by atoms with Crippen molar-refractivity contribution < 1.29 is 4.79 Å². The molecule has 0 atom stereocenters. The molecule has 1 aromatic carbocycles. The quantitative estimate of drug-likeness (QED) is 0.665. The average molecular weight is 376 g/mol. The molecule has 4 rings (SSSR count). The van der Waals surface area contributed by atoms with Gasteiger partial charge in [0, 0.05) is 30.2 Å². The summed E-state index contributed by atoms with van der Waals surface area (Å²) < 4.78 is 0. The summed E-state index contributed by atoms with van der Waals surface area (Å²) in [6, 6.07) is 9.72. The number of carbonyl (C=O) groups is 1. The van der Waals surface area contributed by atoms with E-state index in [0.717, 1.165) is 47.2 Å². The van der Waals surface area contributed by atoms with E-state index in [0.29, 0.717) is 25.2 Å². The topological polar surface area (TPSA) is 97.0 Å². The molecule has 7 nitrogen and oxygen atoms in total. The van der Waals surface area contributed by atoms with Crippen LogP contribution in [0.4, 0.5) is 11.8 Å². The van der Waals surface area contributed by atoms with Crippen LogP contribution >= 0.6 is 0 Å². The Labute approximate surface area is 164 Å². The molecule has 3 aromatic rings. The first-order valence-electron chi connectivity index (χ1n) is 9.69. The van der Waals surface area contributed by atoms with Crippen LogP contribution in [-0.2, 0) is 13.0 Å². The lowest BCUT2D eigenvalue weighted by molar-refractivity contribution is 0.0728. The normalized spacial score (nSPS) is 13.4. The summed E-state index contributed by atoms with van der Waals surface area (Å²) in [5.41, 5.74) is 8.26. The molecule has 0 fully saturated rings. The molecule has 3 N–H and O–H groups in total. The number of hydrogen-bond acceptors (Lipinski definition) is 6. The van der Waals surface area contributed by atoms with Gasteiger partial charge in [-0.2, -0.15) is 4.98 Å². The molecule has 7 heteroatoms. The van der Waals surface area contributed by atoms with Gasteiger partial charge in [-0.15, -0.1) is 0 Å². The Hall–Kier alpha value is -3.22. The van der Waals surface area contributed by atoms with Crippen LogP contribution in [0.25, 0.3) is 10.8 Å². The van der Waals surface area contributed by atoms with Crippen LogP contribution in [0.5, 0.6) is 0 Å². The molecular weight excluding hydrogens is 352 g/mol. The number of nitrogens with zero attached hydrogens (tertiary/aromatic N) is 4. The summed E-state index contributed by atoms with van der Waals surface area (Å²) in [5.74, 6) is 0.946. The largest absolute Gasteiger partial charge is 0.370 e. The molecule has 2 aromatic heterocycles. The summed E-state index contributed by atoms with van der Waals surface area (Å²) in [6.45, 7) is 4.01. The van der Waals surface area contributed by atoms with Gasteiger partial charge in [-0.1, -0.05) is 37.6 Å². The number of anilines is 2. The SMILES string of the molecule is CCCCNc1nc(N)nc2c1CCN(C(=O)c1nccc3ccccc13)C2. The molecule has 3 heterocycles. The minimum absolute atomic E-state index is 0.0832. The number of unbranched alkanes of at least 4 members (excludes halogenated alkanes) is 1. The Morgan fingerprint density at radius 3 is 2.96 bits per heavy atom. The van der Waals surface area contributed by atoms with E-state index in [1.165, 1.54) is 0 Å². The second-order valence-corrected chi connectivity index (χ2v) is 6.99. The second-order valence-electron chi connectivity index (χ2n) is 6.99. The molecular formula is C21H24N6O. The van der Waals surface area contributed by atoms with Crippen LogP contribution in [0.15, 0.2) is 36.5 Å². The Balaban J connectivity index is 1.61. The molecule has 1 amide bonds. The molecule has 1 aliphatic rings. The van der Waals surface area contributed by atoms with Crippen molar-refractivity contribution >= 4 is 28.4 Å². The third-order valence-electron chi connectivity index (χ3n) is 5.07. The van der Waals surface area contributed by atoms with Gasteiger partial charge in [-0.25, -0.2) is 4.98 Å². The standard InChI is InChI=1S/C21H24N6O/c1-2-3-10-24-19-16-9-12-27(13-17(16)25-21(22)26-19)20(28)18-15-7-5-4-6-14(15)8-11-23-18/h4-8,11H,2-3,9-10,12-13H2,1H3,(H3,22,24,25,26). The third-order valence-corrected chi connectivity index (χ3v) is 5.07. The fourth-order valence-corrected chi connectivity index (χ4v) is 3.59. The first-order valence-corrected chi connectivity index (χ1v) is 9.69. The summed E-state index contributed by atoms with van der Waals surface area (Å²) in [5, 5.41) is 5.24. The number of nitrogens with one attached hydrogen (secondary N) is 1. The van der Waals surface area contributed by atoms with E-state index in [4.69, 9.17) is 5.73 Å². The van der Waals surface area contributed by atoms with Crippen LogP contribution in [-0.4, -0.2) is 38.8 Å². The van der Waals surface area contributed by atoms with Crippen molar-refractivity contribution in [1.82, 2.24) is 19.9 Å². The predicted octanol–water partition coefficient (Wildman–Crippen LogP) is 3.02. The minimum Gasteiger partial charge on any atom is -0.370 e. The van der Waals surface area contributed by atoms with Crippen LogP contribution in [0.2, 0.25) is 0 Å². The van der Waals surface area contributed by atoms with Crippen LogP contribution in [0, 0.1) is 0 Å². The van der Waals surface area contributed by atoms with Crippen molar-refractivity contribution in [2.24, 2.45) is 0 Å². The lowest BCUT2D eigenvalue weighted by Gasteiger charge is -2.29. The maximum Gasteiger partial charge on any atom is 0.273 e. The molecule has 0 saturated heterocycles. The second kappa shape index (κ2) is 7.80. The number of benzene rings is 1. The lowest BCUT2D eigenvalue weighted by Crippen LogP contribution is -2.37. The number of aromatic nitrogens is 3. The highest BCUT2D eigenvalue weighted by molar-refractivity contribution is 6.05. The fourth-order valence-electron chi connectivity index (χ4n) is 3.59. The van der Waals surface area contributed by atoms with Gasteiger partial charge in [-0.05, 0) is 24.3 Å². The number of carbonyl (C=O) groups excluding carboxylic acids is 1. The third kappa shape index (κ3) is 3.47. The summed E-state index contributed by atoms with van der Waals surface area (Å²) in [7, 11) is 0. The molecule has 144 valence electrons. The van der Waals surface area contributed by atoms with Gasteiger partial charge in [0.1, 0.15) is 11.5 Å². The van der Waals surface area contributed by atoms with Gasteiger partial charge >= 0.3 is 0 Å². The van der Waals surface area contributed by atoms with E-state index >= 15 is 0 Å². The van der Waals surface area contributed by atoms with Gasteiger partial charge < -0.3 is 16.0 Å². The molecule has 28 heavy (non-hydrogen) atoms. The maximum absolute atomic E-state index is 13.2. The molecule has 1 aliphatic heterocycles. The smallest absolute Gasteiger partial charge is 0.273 e. The number of nitrogens with two attached hydrogens (primary N) is 1. The first kappa shape index (κ1) is 18.2. The number of amides is 1. The van der Waals surface area contributed by atoms with Crippen molar-refractivity contribution in [2.75, 3.05) is 24.1 Å². The Bertz CT molecular complexity index is 1010. The molecule has 0 spiro atoms. The molecule has 0 radical (unpaired) electrons. The van der Waals surface area contributed by atoms with Crippen molar-refractivity contribution in [3.63, 3.8) is 0 Å². The van der Waals surface area contributed by atoms with Crippen LogP contribution in [0.1, 0.15) is 41.5 Å². The van der Waals surface area contributed by atoms with E-state index in [1.54, 1.807) is 11.1 Å². The zero-order valence-electron chi connectivity index (χ0n) is 16.0. The van der Waals surface area contributed by atoms with Gasteiger partial charge in [-0.3, -0.25) is 9.78 Å². The monoisotopic (exact) mass is 376 g/mol. The first-order chi connectivity index (χ1) is 13.7. The summed E-state index contributed by atoms with van der Waals surface area (Å²) >= 11 is 0. The van der Waals surface area contributed by atoms with Crippen LogP contribution in [0.3, 0.4) is 0 Å².